The van der Waals surface area contributed by atoms with Crippen molar-refractivity contribution < 1.29 is 23.8 Å². The Hall–Kier alpha value is -3.36. The van der Waals surface area contributed by atoms with Gasteiger partial charge in [0.1, 0.15) is 0 Å². The summed E-state index contributed by atoms with van der Waals surface area (Å²) in [6.45, 7) is 6.51. The molecule has 2 aromatic rings. The number of benzene rings is 1. The Labute approximate surface area is 188 Å². The molecule has 1 aromatic carbocycles. The molecule has 0 bridgehead atoms. The van der Waals surface area contributed by atoms with Gasteiger partial charge >= 0.3 is 5.97 Å². The van der Waals surface area contributed by atoms with Crippen molar-refractivity contribution >= 4 is 17.8 Å². The number of ether oxygens (including phenoxy) is 3. The largest absolute Gasteiger partial charge is 0.493 e. The summed E-state index contributed by atoms with van der Waals surface area (Å²) in [6.07, 6.45) is 4.45. The molecule has 9 heteroatoms. The molecule has 32 heavy (non-hydrogen) atoms. The Balaban J connectivity index is 1.54. The van der Waals surface area contributed by atoms with Gasteiger partial charge in [-0.1, -0.05) is 13.3 Å². The minimum atomic E-state index is -0.895. The molecule has 1 atom stereocenters. The highest BCUT2D eigenvalue weighted by Crippen LogP contribution is 2.28. The van der Waals surface area contributed by atoms with Gasteiger partial charge in [0.15, 0.2) is 17.6 Å². The second kappa shape index (κ2) is 11.3. The number of methoxy groups -OCH3 is 1. The molecule has 0 aliphatic carbocycles. The molecule has 2 heterocycles. The maximum atomic E-state index is 12.8. The van der Waals surface area contributed by atoms with Gasteiger partial charge in [0, 0.05) is 38.6 Å². The number of hydrogen-bond donors (Lipinski definition) is 0. The maximum absolute atomic E-state index is 12.8. The van der Waals surface area contributed by atoms with Gasteiger partial charge in [0.25, 0.3) is 5.91 Å². The highest BCUT2D eigenvalue weighted by atomic mass is 16.5. The third-order valence-corrected chi connectivity index (χ3v) is 5.21. The maximum Gasteiger partial charge on any atom is 0.339 e. The van der Waals surface area contributed by atoms with Crippen molar-refractivity contribution in [1.29, 1.82) is 0 Å². The number of unbranched alkanes of at least 4 members (excludes halogenated alkanes) is 1. The molecule has 3 rings (SSSR count). The molecule has 0 spiro atoms. The molecule has 172 valence electrons. The predicted molar refractivity (Wildman–Crippen MR) is 119 cm³/mol. The van der Waals surface area contributed by atoms with E-state index in [-0.39, 0.29) is 5.91 Å². The number of aromatic nitrogens is 2. The van der Waals surface area contributed by atoms with Crippen LogP contribution in [0.5, 0.6) is 11.5 Å². The SMILES string of the molecule is CCCCOc1ccc(C(=O)OC(C)C(=O)N2CCN(c3ncccn3)CC2)cc1OC. The number of carbonyl (C=O) groups excluding carboxylic acids is 2. The first kappa shape index (κ1) is 23.3. The van der Waals surface area contributed by atoms with Crippen LogP contribution in [-0.2, 0) is 9.53 Å². The first-order valence-electron chi connectivity index (χ1n) is 10.9. The standard InChI is InChI=1S/C23H30N4O5/c1-4-5-15-31-19-8-7-18(16-20(19)30-3)22(29)32-17(2)21(28)26-11-13-27(14-12-26)23-24-9-6-10-25-23/h6-10,16-17H,4-5,11-15H2,1-3H3. The van der Waals surface area contributed by atoms with E-state index < -0.39 is 12.1 Å². The van der Waals surface area contributed by atoms with Crippen molar-refractivity contribution in [1.82, 2.24) is 14.9 Å². The third kappa shape index (κ3) is 5.87. The van der Waals surface area contributed by atoms with Gasteiger partial charge in [-0.05, 0) is 37.6 Å². The number of hydrogen-bond acceptors (Lipinski definition) is 8. The fraction of sp³-hybridized carbons (Fsp3) is 0.478. The Morgan fingerprint density at radius 3 is 2.47 bits per heavy atom. The van der Waals surface area contributed by atoms with Crippen LogP contribution in [0.2, 0.25) is 0 Å². The molecule has 0 saturated carbocycles. The lowest BCUT2D eigenvalue weighted by atomic mass is 10.2. The first-order chi connectivity index (χ1) is 15.5. The van der Waals surface area contributed by atoms with E-state index in [1.807, 2.05) is 4.90 Å². The summed E-state index contributed by atoms with van der Waals surface area (Å²) in [6, 6.07) is 6.63. The summed E-state index contributed by atoms with van der Waals surface area (Å²) in [5.74, 6) is 0.866. The van der Waals surface area contributed by atoms with Gasteiger partial charge in [-0.3, -0.25) is 4.79 Å². The third-order valence-electron chi connectivity index (χ3n) is 5.21. The van der Waals surface area contributed by atoms with E-state index in [1.165, 1.54) is 7.11 Å². The fourth-order valence-corrected chi connectivity index (χ4v) is 3.36. The summed E-state index contributed by atoms with van der Waals surface area (Å²) in [7, 11) is 1.52. The summed E-state index contributed by atoms with van der Waals surface area (Å²) in [4.78, 5) is 37.6. The van der Waals surface area contributed by atoms with E-state index in [2.05, 4.69) is 16.9 Å². The summed E-state index contributed by atoms with van der Waals surface area (Å²) < 4.78 is 16.5. The van der Waals surface area contributed by atoms with Crippen LogP contribution < -0.4 is 14.4 Å². The molecule has 1 aromatic heterocycles. The van der Waals surface area contributed by atoms with Crippen molar-refractivity contribution in [2.45, 2.75) is 32.8 Å². The van der Waals surface area contributed by atoms with Gasteiger partial charge in [-0.25, -0.2) is 14.8 Å². The lowest BCUT2D eigenvalue weighted by molar-refractivity contribution is -0.140. The second-order valence-electron chi connectivity index (χ2n) is 7.48. The summed E-state index contributed by atoms with van der Waals surface area (Å²) >= 11 is 0. The van der Waals surface area contributed by atoms with Crippen molar-refractivity contribution in [3.63, 3.8) is 0 Å². The smallest absolute Gasteiger partial charge is 0.339 e. The van der Waals surface area contributed by atoms with Gasteiger partial charge in [-0.15, -0.1) is 0 Å². The van der Waals surface area contributed by atoms with Crippen LogP contribution in [0.1, 0.15) is 37.0 Å². The molecule has 9 nitrogen and oxygen atoms in total. The van der Waals surface area contributed by atoms with Crippen molar-refractivity contribution in [2.75, 3.05) is 44.8 Å². The highest BCUT2D eigenvalue weighted by molar-refractivity contribution is 5.93. The number of nitrogens with zero attached hydrogens (tertiary/aromatic N) is 4. The zero-order chi connectivity index (χ0) is 22.9. The number of amides is 1. The van der Waals surface area contributed by atoms with Crippen molar-refractivity contribution in [3.8, 4) is 11.5 Å². The van der Waals surface area contributed by atoms with Crippen LogP contribution in [0.15, 0.2) is 36.7 Å². The van der Waals surface area contributed by atoms with Crippen LogP contribution in [0.25, 0.3) is 0 Å². The van der Waals surface area contributed by atoms with Gasteiger partial charge in [0.05, 0.1) is 19.3 Å². The second-order valence-corrected chi connectivity index (χ2v) is 7.48. The van der Waals surface area contributed by atoms with Gasteiger partial charge < -0.3 is 24.0 Å². The first-order valence-corrected chi connectivity index (χ1v) is 10.9. The highest BCUT2D eigenvalue weighted by Gasteiger charge is 2.28. The van der Waals surface area contributed by atoms with E-state index in [0.717, 1.165) is 12.8 Å². The molecule has 0 N–H and O–H groups in total. The molecule has 1 aliphatic heterocycles. The molecule has 1 amide bonds. The molecule has 1 saturated heterocycles. The number of carbonyl (C=O) groups is 2. The van der Waals surface area contributed by atoms with Crippen LogP contribution >= 0.6 is 0 Å². The van der Waals surface area contributed by atoms with E-state index >= 15 is 0 Å². The van der Waals surface area contributed by atoms with Gasteiger partial charge in [0.2, 0.25) is 5.95 Å². The van der Waals surface area contributed by atoms with E-state index in [1.54, 1.807) is 48.5 Å². The lowest BCUT2D eigenvalue weighted by Crippen LogP contribution is -2.52. The number of anilines is 1. The van der Waals surface area contributed by atoms with Crippen molar-refractivity contribution in [3.05, 3.63) is 42.2 Å². The zero-order valence-corrected chi connectivity index (χ0v) is 18.8. The molecular formula is C23H30N4O5. The van der Waals surface area contributed by atoms with Crippen LogP contribution in [-0.4, -0.2) is 72.7 Å². The molecule has 1 unspecified atom stereocenters. The van der Waals surface area contributed by atoms with E-state index in [9.17, 15) is 9.59 Å². The minimum Gasteiger partial charge on any atom is -0.493 e. The molecule has 1 fully saturated rings. The summed E-state index contributed by atoms with van der Waals surface area (Å²) in [5, 5.41) is 0. The molecular weight excluding hydrogens is 412 g/mol. The van der Waals surface area contributed by atoms with Crippen molar-refractivity contribution in [2.24, 2.45) is 0 Å². The normalized spacial score (nSPS) is 14.6. The zero-order valence-electron chi connectivity index (χ0n) is 18.8. The Kier molecular flexibility index (Phi) is 8.24. The number of rotatable bonds is 9. The monoisotopic (exact) mass is 442 g/mol. The molecule has 0 radical (unpaired) electrons. The quantitative estimate of drug-likeness (QED) is 0.432. The lowest BCUT2D eigenvalue weighted by Gasteiger charge is -2.35. The van der Waals surface area contributed by atoms with Crippen LogP contribution in [0.3, 0.4) is 0 Å². The number of esters is 1. The predicted octanol–water partition coefficient (Wildman–Crippen LogP) is 2.56. The summed E-state index contributed by atoms with van der Waals surface area (Å²) in [5.41, 5.74) is 0.301. The number of piperazine rings is 1. The minimum absolute atomic E-state index is 0.224. The van der Waals surface area contributed by atoms with Crippen LogP contribution in [0.4, 0.5) is 5.95 Å². The van der Waals surface area contributed by atoms with E-state index in [4.69, 9.17) is 14.2 Å². The Morgan fingerprint density at radius 2 is 1.81 bits per heavy atom. The molecule has 1 aliphatic rings. The average Bonchev–Trinajstić information content (AvgIpc) is 2.84. The topological polar surface area (TPSA) is 94.1 Å². The van der Waals surface area contributed by atoms with E-state index in [0.29, 0.717) is 55.8 Å². The Bertz CT molecular complexity index is 901. The Morgan fingerprint density at radius 1 is 1.09 bits per heavy atom. The fourth-order valence-electron chi connectivity index (χ4n) is 3.36. The van der Waals surface area contributed by atoms with Crippen LogP contribution in [0, 0.1) is 0 Å². The average molecular weight is 443 g/mol. The van der Waals surface area contributed by atoms with Gasteiger partial charge in [-0.2, -0.15) is 0 Å².